The molecule has 5 nitrogen and oxygen atoms in total. The minimum absolute atomic E-state index is 0.0218. The first-order valence-electron chi connectivity index (χ1n) is 7.19. The second-order valence-corrected chi connectivity index (χ2v) is 7.35. The molecule has 7 heteroatoms. The van der Waals surface area contributed by atoms with E-state index >= 15 is 0 Å². The largest absolute Gasteiger partial charge is 0.340 e. The van der Waals surface area contributed by atoms with Gasteiger partial charge in [0.25, 0.3) is 5.56 Å². The fourth-order valence-corrected chi connectivity index (χ4v) is 4.69. The Morgan fingerprint density at radius 1 is 1.32 bits per heavy atom. The van der Waals surface area contributed by atoms with E-state index in [1.807, 2.05) is 16.7 Å². The Hall–Kier alpha value is -1.60. The van der Waals surface area contributed by atoms with Crippen molar-refractivity contribution in [3.63, 3.8) is 0 Å². The maximum Gasteiger partial charge on any atom is 0.267 e. The highest BCUT2D eigenvalue weighted by Gasteiger charge is 2.22. The van der Waals surface area contributed by atoms with Gasteiger partial charge in [-0.1, -0.05) is 6.07 Å². The summed E-state index contributed by atoms with van der Waals surface area (Å²) in [6.45, 7) is 1.48. The Morgan fingerprint density at radius 2 is 2.23 bits per heavy atom. The first-order valence-corrected chi connectivity index (χ1v) is 9.12. The van der Waals surface area contributed by atoms with Gasteiger partial charge in [-0.2, -0.15) is 16.9 Å². The summed E-state index contributed by atoms with van der Waals surface area (Å²) in [6.07, 6.45) is 2.48. The summed E-state index contributed by atoms with van der Waals surface area (Å²) in [6, 6.07) is 7.23. The van der Waals surface area contributed by atoms with Crippen molar-refractivity contribution in [3.05, 3.63) is 51.1 Å². The van der Waals surface area contributed by atoms with Crippen LogP contribution in [0.4, 0.5) is 0 Å². The van der Waals surface area contributed by atoms with E-state index in [4.69, 9.17) is 0 Å². The summed E-state index contributed by atoms with van der Waals surface area (Å²) in [5.41, 5.74) is -0.239. The summed E-state index contributed by atoms with van der Waals surface area (Å²) in [5.74, 6) is 0.888. The molecule has 0 aliphatic carbocycles. The van der Waals surface area contributed by atoms with Crippen LogP contribution in [0.2, 0.25) is 0 Å². The maximum absolute atomic E-state index is 12.4. The quantitative estimate of drug-likeness (QED) is 0.861. The number of thioether (sulfide) groups is 1. The van der Waals surface area contributed by atoms with E-state index in [9.17, 15) is 9.59 Å². The van der Waals surface area contributed by atoms with E-state index in [1.54, 1.807) is 17.4 Å². The first-order chi connectivity index (χ1) is 10.7. The molecule has 1 atom stereocenters. The van der Waals surface area contributed by atoms with Crippen LogP contribution in [0, 0.1) is 0 Å². The summed E-state index contributed by atoms with van der Waals surface area (Å²) in [5, 5.41) is 6.51. The summed E-state index contributed by atoms with van der Waals surface area (Å²) < 4.78 is 1.22. The molecule has 1 aliphatic rings. The third-order valence-electron chi connectivity index (χ3n) is 3.63. The fraction of sp³-hybridized carbons (Fsp3) is 0.400. The number of aromatic nitrogens is 2. The summed E-state index contributed by atoms with van der Waals surface area (Å²) >= 11 is 3.68. The van der Waals surface area contributed by atoms with Crippen LogP contribution in [0.5, 0.6) is 0 Å². The second-order valence-electron chi connectivity index (χ2n) is 5.06. The van der Waals surface area contributed by atoms with Crippen LogP contribution in [0.3, 0.4) is 0 Å². The van der Waals surface area contributed by atoms with Crippen LogP contribution in [0.1, 0.15) is 16.5 Å². The number of hydrogen-bond donors (Lipinski definition) is 0. The van der Waals surface area contributed by atoms with Gasteiger partial charge in [-0.25, -0.2) is 4.68 Å². The molecule has 2 aromatic rings. The van der Waals surface area contributed by atoms with Crippen molar-refractivity contribution in [1.29, 1.82) is 0 Å². The minimum Gasteiger partial charge on any atom is -0.340 e. The SMILES string of the molecule is O=C(Cn1ncccc1=O)N1CCS[C@H](c2cccs2)CC1. The minimum atomic E-state index is -0.239. The van der Waals surface area contributed by atoms with Crippen molar-refractivity contribution in [2.75, 3.05) is 18.8 Å². The molecule has 1 saturated heterocycles. The highest BCUT2D eigenvalue weighted by molar-refractivity contribution is 7.99. The topological polar surface area (TPSA) is 55.2 Å². The molecule has 0 bridgehead atoms. The second kappa shape index (κ2) is 7.11. The predicted molar refractivity (Wildman–Crippen MR) is 89.2 cm³/mol. The van der Waals surface area contributed by atoms with Gasteiger partial charge in [0, 0.05) is 41.2 Å². The molecule has 0 spiro atoms. The standard InChI is InChI=1S/C15H17N3O2S2/c19-14-4-1-6-16-18(14)11-15(20)17-7-5-13(22-10-8-17)12-3-2-9-21-12/h1-4,6,9,13H,5,7-8,10-11H2/t13-/m0/s1. The van der Waals surface area contributed by atoms with Gasteiger partial charge in [-0.3, -0.25) is 9.59 Å². The highest BCUT2D eigenvalue weighted by Crippen LogP contribution is 2.36. The Balaban J connectivity index is 1.62. The Labute approximate surface area is 137 Å². The van der Waals surface area contributed by atoms with E-state index in [0.29, 0.717) is 5.25 Å². The lowest BCUT2D eigenvalue weighted by atomic mass is 10.2. The molecule has 1 amide bonds. The van der Waals surface area contributed by atoms with Crippen molar-refractivity contribution in [1.82, 2.24) is 14.7 Å². The average molecular weight is 335 g/mol. The van der Waals surface area contributed by atoms with Gasteiger partial charge < -0.3 is 4.90 Å². The van der Waals surface area contributed by atoms with E-state index in [0.717, 1.165) is 25.3 Å². The van der Waals surface area contributed by atoms with Gasteiger partial charge in [0.1, 0.15) is 6.54 Å². The molecule has 0 radical (unpaired) electrons. The predicted octanol–water partition coefficient (Wildman–Crippen LogP) is 2.01. The van der Waals surface area contributed by atoms with Crippen molar-refractivity contribution < 1.29 is 4.79 Å². The highest BCUT2D eigenvalue weighted by atomic mass is 32.2. The van der Waals surface area contributed by atoms with Gasteiger partial charge in [-0.15, -0.1) is 11.3 Å². The average Bonchev–Trinajstić information content (AvgIpc) is 2.94. The molecule has 3 heterocycles. The molecule has 0 saturated carbocycles. The monoisotopic (exact) mass is 335 g/mol. The third-order valence-corrected chi connectivity index (χ3v) is 6.07. The van der Waals surface area contributed by atoms with Crippen LogP contribution < -0.4 is 5.56 Å². The molecule has 22 heavy (non-hydrogen) atoms. The van der Waals surface area contributed by atoms with Gasteiger partial charge in [0.2, 0.25) is 5.91 Å². The van der Waals surface area contributed by atoms with Crippen molar-refractivity contribution in [3.8, 4) is 0 Å². The smallest absolute Gasteiger partial charge is 0.267 e. The lowest BCUT2D eigenvalue weighted by Gasteiger charge is -2.20. The number of amides is 1. The van der Waals surface area contributed by atoms with Gasteiger partial charge in [0.15, 0.2) is 0 Å². The van der Waals surface area contributed by atoms with Crippen LogP contribution in [0.25, 0.3) is 0 Å². The molecule has 2 aromatic heterocycles. The lowest BCUT2D eigenvalue weighted by molar-refractivity contribution is -0.131. The zero-order chi connectivity index (χ0) is 15.4. The van der Waals surface area contributed by atoms with Crippen molar-refractivity contribution in [2.45, 2.75) is 18.2 Å². The first kappa shape index (κ1) is 15.3. The maximum atomic E-state index is 12.4. The molecule has 0 aromatic carbocycles. The molecular formula is C15H17N3O2S2. The van der Waals surface area contributed by atoms with Crippen LogP contribution in [0.15, 0.2) is 40.6 Å². The molecule has 3 rings (SSSR count). The zero-order valence-corrected chi connectivity index (χ0v) is 13.7. The van der Waals surface area contributed by atoms with Gasteiger partial charge in [-0.05, 0) is 23.9 Å². The number of hydrogen-bond acceptors (Lipinski definition) is 5. The normalized spacial score (nSPS) is 18.9. The molecule has 0 N–H and O–H groups in total. The van der Waals surface area contributed by atoms with Gasteiger partial charge in [0.05, 0.1) is 0 Å². The van der Waals surface area contributed by atoms with Crippen LogP contribution in [-0.2, 0) is 11.3 Å². The van der Waals surface area contributed by atoms with Gasteiger partial charge >= 0.3 is 0 Å². The number of rotatable bonds is 3. The van der Waals surface area contributed by atoms with E-state index in [-0.39, 0.29) is 18.0 Å². The van der Waals surface area contributed by atoms with Crippen LogP contribution >= 0.6 is 23.1 Å². The zero-order valence-electron chi connectivity index (χ0n) is 12.1. The van der Waals surface area contributed by atoms with E-state index < -0.39 is 0 Å². The number of thiophene rings is 1. The van der Waals surface area contributed by atoms with Crippen molar-refractivity contribution in [2.24, 2.45) is 0 Å². The van der Waals surface area contributed by atoms with E-state index in [1.165, 1.54) is 21.8 Å². The van der Waals surface area contributed by atoms with Crippen LogP contribution in [-0.4, -0.2) is 39.4 Å². The van der Waals surface area contributed by atoms with E-state index in [2.05, 4.69) is 22.6 Å². The van der Waals surface area contributed by atoms with Crippen molar-refractivity contribution >= 4 is 29.0 Å². The number of nitrogens with zero attached hydrogens (tertiary/aromatic N) is 3. The summed E-state index contributed by atoms with van der Waals surface area (Å²) in [4.78, 5) is 27.2. The number of carbonyl (C=O) groups excluding carboxylic acids is 1. The third kappa shape index (κ3) is 3.59. The number of carbonyl (C=O) groups is 1. The Bertz CT molecular complexity index is 684. The molecule has 1 fully saturated rings. The summed E-state index contributed by atoms with van der Waals surface area (Å²) in [7, 11) is 0. The fourth-order valence-electron chi connectivity index (χ4n) is 2.46. The Morgan fingerprint density at radius 3 is 3.00 bits per heavy atom. The molecule has 1 aliphatic heterocycles. The molecule has 0 unspecified atom stereocenters. The molecule has 116 valence electrons. The lowest BCUT2D eigenvalue weighted by Crippen LogP contribution is -2.38. The molecular weight excluding hydrogens is 318 g/mol. The Kier molecular flexibility index (Phi) is 4.94.